The molecule has 0 amide bonds. The molecular weight excluding hydrogens is 375 g/mol. The maximum absolute atomic E-state index is 9.36. The summed E-state index contributed by atoms with van der Waals surface area (Å²) in [5, 5.41) is 18.4. The highest BCUT2D eigenvalue weighted by Crippen LogP contribution is 2.29. The molecule has 6 N–H and O–H groups in total. The average Bonchev–Trinajstić information content (AvgIpc) is 2.64. The molecular formula is C17H20Cl2N6O. The van der Waals surface area contributed by atoms with Crippen LogP contribution in [0.2, 0.25) is 10.0 Å². The van der Waals surface area contributed by atoms with E-state index in [9.17, 15) is 5.11 Å². The highest BCUT2D eigenvalue weighted by Gasteiger charge is 2.30. The molecule has 138 valence electrons. The van der Waals surface area contributed by atoms with Gasteiger partial charge in [-0.3, -0.25) is 5.41 Å². The Balaban J connectivity index is 1.82. The molecule has 0 atom stereocenters. The summed E-state index contributed by atoms with van der Waals surface area (Å²) in [5.41, 5.74) is 12.4. The van der Waals surface area contributed by atoms with Crippen molar-refractivity contribution in [3.63, 3.8) is 0 Å². The largest absolute Gasteiger partial charge is 0.394 e. The Morgan fingerprint density at radius 3 is 2.62 bits per heavy atom. The fraction of sp³-hybridized carbons (Fsp3) is 0.353. The van der Waals surface area contributed by atoms with Crippen molar-refractivity contribution in [1.29, 1.82) is 5.41 Å². The van der Waals surface area contributed by atoms with E-state index in [-0.39, 0.29) is 28.9 Å². The SMILES string of the molecule is N=C(c1cccc(Cl)c1Cl)c1ncc(N2CCC(N)(CO)CC2)nc1N. The van der Waals surface area contributed by atoms with E-state index in [4.69, 9.17) is 40.1 Å². The van der Waals surface area contributed by atoms with Crippen LogP contribution in [0.4, 0.5) is 11.6 Å². The summed E-state index contributed by atoms with van der Waals surface area (Å²) in [4.78, 5) is 10.7. The molecule has 0 radical (unpaired) electrons. The van der Waals surface area contributed by atoms with E-state index in [0.29, 0.717) is 42.3 Å². The zero-order chi connectivity index (χ0) is 18.9. The first kappa shape index (κ1) is 18.8. The molecule has 2 heterocycles. The quantitative estimate of drug-likeness (QED) is 0.588. The van der Waals surface area contributed by atoms with Crippen molar-refractivity contribution in [2.45, 2.75) is 18.4 Å². The van der Waals surface area contributed by atoms with Crippen LogP contribution in [-0.2, 0) is 0 Å². The van der Waals surface area contributed by atoms with E-state index in [2.05, 4.69) is 9.97 Å². The fourth-order valence-corrected chi connectivity index (χ4v) is 3.30. The van der Waals surface area contributed by atoms with Crippen LogP contribution < -0.4 is 16.4 Å². The van der Waals surface area contributed by atoms with E-state index in [0.717, 1.165) is 0 Å². The molecule has 0 unspecified atom stereocenters. The van der Waals surface area contributed by atoms with Crippen LogP contribution in [0.1, 0.15) is 24.1 Å². The first-order chi connectivity index (χ1) is 12.3. The number of nitrogens with two attached hydrogens (primary N) is 2. The lowest BCUT2D eigenvalue weighted by Gasteiger charge is -2.38. The van der Waals surface area contributed by atoms with E-state index in [1.807, 2.05) is 4.90 Å². The lowest BCUT2D eigenvalue weighted by atomic mass is 9.90. The third kappa shape index (κ3) is 3.61. The maximum atomic E-state index is 9.36. The second-order valence-electron chi connectivity index (χ2n) is 6.45. The van der Waals surface area contributed by atoms with Crippen molar-refractivity contribution in [3.8, 4) is 0 Å². The van der Waals surface area contributed by atoms with Crippen molar-refractivity contribution in [2.75, 3.05) is 30.3 Å². The average molecular weight is 395 g/mol. The lowest BCUT2D eigenvalue weighted by molar-refractivity contribution is 0.170. The van der Waals surface area contributed by atoms with Crippen LogP contribution in [0.5, 0.6) is 0 Å². The van der Waals surface area contributed by atoms with Gasteiger partial charge in [0.1, 0.15) is 11.5 Å². The van der Waals surface area contributed by atoms with Crippen molar-refractivity contribution in [1.82, 2.24) is 9.97 Å². The zero-order valence-corrected chi connectivity index (χ0v) is 15.6. The summed E-state index contributed by atoms with van der Waals surface area (Å²) in [6.45, 7) is 1.27. The van der Waals surface area contributed by atoms with E-state index >= 15 is 0 Å². The van der Waals surface area contributed by atoms with E-state index in [1.165, 1.54) is 0 Å². The molecule has 1 aromatic heterocycles. The molecule has 0 aliphatic carbocycles. The summed E-state index contributed by atoms with van der Waals surface area (Å²) >= 11 is 12.2. The van der Waals surface area contributed by atoms with Gasteiger partial charge in [0.25, 0.3) is 0 Å². The fourth-order valence-electron chi connectivity index (χ4n) is 2.90. The molecule has 0 spiro atoms. The normalized spacial score (nSPS) is 16.5. The van der Waals surface area contributed by atoms with Crippen LogP contribution in [0, 0.1) is 5.41 Å². The van der Waals surface area contributed by atoms with Gasteiger partial charge in [0.15, 0.2) is 5.82 Å². The second-order valence-corrected chi connectivity index (χ2v) is 7.23. The number of anilines is 2. The first-order valence-corrected chi connectivity index (χ1v) is 8.91. The Kier molecular flexibility index (Phi) is 5.34. The number of rotatable bonds is 4. The molecule has 2 aromatic rings. The zero-order valence-electron chi connectivity index (χ0n) is 14.0. The van der Waals surface area contributed by atoms with Crippen molar-refractivity contribution in [2.24, 2.45) is 5.73 Å². The minimum absolute atomic E-state index is 0.0366. The molecule has 26 heavy (non-hydrogen) atoms. The summed E-state index contributed by atoms with van der Waals surface area (Å²) in [6, 6.07) is 5.05. The van der Waals surface area contributed by atoms with Gasteiger partial charge in [-0.2, -0.15) is 0 Å². The minimum Gasteiger partial charge on any atom is -0.394 e. The van der Waals surface area contributed by atoms with Gasteiger partial charge < -0.3 is 21.5 Å². The van der Waals surface area contributed by atoms with Crippen LogP contribution in [0.3, 0.4) is 0 Å². The summed E-state index contributed by atoms with van der Waals surface area (Å²) in [6.07, 6.45) is 2.89. The standard InChI is InChI=1S/C17H20Cl2N6O/c18-11-3-1-2-10(13(11)19)14(20)15-16(21)24-12(8-23-15)25-6-4-17(22,9-26)5-7-25/h1-3,8,20,26H,4-7,9,22H2,(H2,21,24). The first-order valence-electron chi connectivity index (χ1n) is 8.15. The maximum Gasteiger partial charge on any atom is 0.154 e. The van der Waals surface area contributed by atoms with Crippen LogP contribution in [-0.4, -0.2) is 46.0 Å². The van der Waals surface area contributed by atoms with Crippen LogP contribution in [0.25, 0.3) is 0 Å². The number of halogens is 2. The number of aliphatic hydroxyl groups is 1. The minimum atomic E-state index is -0.541. The van der Waals surface area contributed by atoms with Gasteiger partial charge in [-0.15, -0.1) is 0 Å². The molecule has 0 saturated carbocycles. The highest BCUT2D eigenvalue weighted by molar-refractivity contribution is 6.44. The Bertz CT molecular complexity index is 836. The van der Waals surface area contributed by atoms with Gasteiger partial charge >= 0.3 is 0 Å². The third-order valence-electron chi connectivity index (χ3n) is 4.64. The summed E-state index contributed by atoms with van der Waals surface area (Å²) < 4.78 is 0. The Morgan fingerprint density at radius 2 is 2.00 bits per heavy atom. The Labute approximate surface area is 161 Å². The lowest BCUT2D eigenvalue weighted by Crippen LogP contribution is -2.53. The number of aliphatic hydroxyl groups excluding tert-OH is 1. The number of benzene rings is 1. The van der Waals surface area contributed by atoms with E-state index in [1.54, 1.807) is 24.4 Å². The third-order valence-corrected chi connectivity index (χ3v) is 5.46. The Morgan fingerprint density at radius 1 is 1.31 bits per heavy atom. The van der Waals surface area contributed by atoms with Gasteiger partial charge in [-0.1, -0.05) is 35.3 Å². The summed E-state index contributed by atoms with van der Waals surface area (Å²) in [5.74, 6) is 0.770. The molecule has 1 aromatic carbocycles. The van der Waals surface area contributed by atoms with Crippen LogP contribution in [0.15, 0.2) is 24.4 Å². The van der Waals surface area contributed by atoms with Gasteiger partial charge in [-0.25, -0.2) is 9.97 Å². The number of nitrogens with zero attached hydrogens (tertiary/aromatic N) is 3. The van der Waals surface area contributed by atoms with Gasteiger partial charge in [0.2, 0.25) is 0 Å². The second kappa shape index (κ2) is 7.36. The number of piperidine rings is 1. The topological polar surface area (TPSA) is 125 Å². The molecule has 1 saturated heterocycles. The molecule has 1 aliphatic heterocycles. The monoisotopic (exact) mass is 394 g/mol. The van der Waals surface area contributed by atoms with Crippen molar-refractivity contribution in [3.05, 3.63) is 45.7 Å². The van der Waals surface area contributed by atoms with Gasteiger partial charge in [0.05, 0.1) is 28.6 Å². The predicted molar refractivity (Wildman–Crippen MR) is 104 cm³/mol. The number of hydrogen-bond donors (Lipinski definition) is 4. The van der Waals surface area contributed by atoms with Gasteiger partial charge in [0, 0.05) is 24.2 Å². The number of nitrogens with one attached hydrogen (secondary N) is 1. The highest BCUT2D eigenvalue weighted by atomic mass is 35.5. The smallest absolute Gasteiger partial charge is 0.154 e. The Hall–Kier alpha value is -1.93. The molecule has 1 aliphatic rings. The predicted octanol–water partition coefficient (Wildman–Crippen LogP) is 2.07. The summed E-state index contributed by atoms with van der Waals surface area (Å²) in [7, 11) is 0. The van der Waals surface area contributed by atoms with Gasteiger partial charge in [-0.05, 0) is 18.9 Å². The van der Waals surface area contributed by atoms with Crippen LogP contribution >= 0.6 is 23.2 Å². The molecule has 9 heteroatoms. The molecule has 7 nitrogen and oxygen atoms in total. The van der Waals surface area contributed by atoms with E-state index < -0.39 is 5.54 Å². The number of aromatic nitrogens is 2. The number of hydrogen-bond acceptors (Lipinski definition) is 7. The molecule has 3 rings (SSSR count). The van der Waals surface area contributed by atoms with Crippen molar-refractivity contribution < 1.29 is 5.11 Å². The molecule has 0 bridgehead atoms. The molecule has 1 fully saturated rings. The van der Waals surface area contributed by atoms with Crippen molar-refractivity contribution >= 4 is 40.5 Å². The number of nitrogen functional groups attached to an aromatic ring is 1.